The molecule has 2 amide bonds. The highest BCUT2D eigenvalue weighted by atomic mass is 79.9. The normalized spacial score (nSPS) is 11.8. The molecule has 0 aliphatic carbocycles. The third-order valence-electron chi connectivity index (χ3n) is 5.39. The first-order valence-corrected chi connectivity index (χ1v) is 13.1. The molecule has 12 heteroatoms. The number of hydrogen-bond acceptors (Lipinski definition) is 7. The van der Waals surface area contributed by atoms with Gasteiger partial charge in [0.25, 0.3) is 11.6 Å². The molecule has 0 fully saturated rings. The maximum atomic E-state index is 12.9. The second-order valence-electron chi connectivity index (χ2n) is 8.39. The molecule has 36 heavy (non-hydrogen) atoms. The third kappa shape index (κ3) is 6.70. The largest absolute Gasteiger partial charge is 0.342 e. The number of hydrogen-bond donors (Lipinski definition) is 2. The number of non-ortho nitro benzene ring substituents is 1. The molecular weight excluding hydrogens is 548 g/mol. The Morgan fingerprint density at radius 1 is 1.19 bits per heavy atom. The molecule has 1 heterocycles. The van der Waals surface area contributed by atoms with Gasteiger partial charge in [0, 0.05) is 34.4 Å². The average molecular weight is 575 g/mol. The summed E-state index contributed by atoms with van der Waals surface area (Å²) >= 11 is 4.70. The van der Waals surface area contributed by atoms with Gasteiger partial charge < -0.3 is 15.2 Å². The van der Waals surface area contributed by atoms with Crippen molar-refractivity contribution in [3.8, 4) is 0 Å². The Balaban J connectivity index is 1.72. The summed E-state index contributed by atoms with van der Waals surface area (Å²) in [6, 6.07) is 10.7. The molecule has 0 aliphatic heterocycles. The number of thioether (sulfide) groups is 1. The lowest BCUT2D eigenvalue weighted by atomic mass is 10.0. The summed E-state index contributed by atoms with van der Waals surface area (Å²) in [5.41, 5.74) is 1.76. The number of nitrogens with one attached hydrogen (secondary N) is 2. The highest BCUT2D eigenvalue weighted by molar-refractivity contribution is 9.10. The van der Waals surface area contributed by atoms with Gasteiger partial charge in [-0.15, -0.1) is 10.2 Å². The number of aryl methyl sites for hydroxylation is 1. The van der Waals surface area contributed by atoms with Crippen LogP contribution in [0.15, 0.2) is 52.1 Å². The van der Waals surface area contributed by atoms with E-state index >= 15 is 0 Å². The number of aromatic nitrogens is 3. The molecule has 1 aromatic heterocycles. The molecule has 0 saturated carbocycles. The van der Waals surface area contributed by atoms with Crippen LogP contribution in [0.1, 0.15) is 48.6 Å². The van der Waals surface area contributed by atoms with Crippen molar-refractivity contribution in [3.05, 3.63) is 74.0 Å². The number of rotatable bonds is 10. The number of carbonyl (C=O) groups excluding carboxylic acids is 2. The molecular formula is C24H27BrN6O4S. The van der Waals surface area contributed by atoms with Gasteiger partial charge in [0.1, 0.15) is 0 Å². The molecule has 190 valence electrons. The molecule has 0 bridgehead atoms. The van der Waals surface area contributed by atoms with Crippen molar-refractivity contribution in [2.45, 2.75) is 45.4 Å². The second kappa shape index (κ2) is 12.1. The monoisotopic (exact) mass is 574 g/mol. The molecule has 0 saturated heterocycles. The zero-order valence-corrected chi connectivity index (χ0v) is 22.7. The van der Waals surface area contributed by atoms with Crippen molar-refractivity contribution in [1.29, 1.82) is 0 Å². The maximum Gasteiger partial charge on any atom is 0.270 e. The smallest absolute Gasteiger partial charge is 0.270 e. The van der Waals surface area contributed by atoms with Crippen molar-refractivity contribution in [2.24, 2.45) is 5.92 Å². The number of nitrogens with zero attached hydrogens (tertiary/aromatic N) is 4. The van der Waals surface area contributed by atoms with E-state index in [1.807, 2.05) is 50.5 Å². The minimum Gasteiger partial charge on any atom is -0.342 e. The van der Waals surface area contributed by atoms with Gasteiger partial charge in [-0.25, -0.2) is 0 Å². The fourth-order valence-electron chi connectivity index (χ4n) is 3.50. The summed E-state index contributed by atoms with van der Waals surface area (Å²) in [5.74, 6) is 0.0380. The lowest BCUT2D eigenvalue weighted by molar-refractivity contribution is -0.384. The van der Waals surface area contributed by atoms with Crippen LogP contribution in [0.2, 0.25) is 0 Å². The van der Waals surface area contributed by atoms with Gasteiger partial charge in [0.15, 0.2) is 11.0 Å². The molecule has 0 spiro atoms. The van der Waals surface area contributed by atoms with E-state index in [-0.39, 0.29) is 28.8 Å². The average Bonchev–Trinajstić information content (AvgIpc) is 3.25. The molecule has 2 N–H and O–H groups in total. The van der Waals surface area contributed by atoms with Crippen molar-refractivity contribution in [1.82, 2.24) is 20.1 Å². The Labute approximate surface area is 221 Å². The fraction of sp³-hybridized carbons (Fsp3) is 0.333. The van der Waals surface area contributed by atoms with E-state index in [0.717, 1.165) is 10.0 Å². The molecule has 0 radical (unpaired) electrons. The van der Waals surface area contributed by atoms with Crippen LogP contribution in [-0.2, 0) is 11.3 Å². The first kappa shape index (κ1) is 27.3. The van der Waals surface area contributed by atoms with Crippen molar-refractivity contribution in [3.63, 3.8) is 0 Å². The highest BCUT2D eigenvalue weighted by Crippen LogP contribution is 2.26. The quantitative estimate of drug-likeness (QED) is 0.195. The summed E-state index contributed by atoms with van der Waals surface area (Å²) in [5, 5.41) is 26.0. The summed E-state index contributed by atoms with van der Waals surface area (Å²) < 4.78 is 2.83. The third-order valence-corrected chi connectivity index (χ3v) is 7.24. The Morgan fingerprint density at radius 2 is 1.94 bits per heavy atom. The zero-order valence-electron chi connectivity index (χ0n) is 20.3. The standard InChI is InChI=1S/C24H27BrN6O4S/c1-5-30-22(21(14(2)3)27-23(33)16-7-6-8-18(12-16)31(34)35)28-29-24(30)36-13-20(32)26-17-9-10-19(25)15(4)11-17/h6-12,14,21H,5,13H2,1-4H3,(H,26,32)(H,27,33)/t21-/m1/s1. The zero-order chi connectivity index (χ0) is 26.4. The van der Waals surface area contributed by atoms with E-state index in [4.69, 9.17) is 0 Å². The lowest BCUT2D eigenvalue weighted by Crippen LogP contribution is -2.33. The predicted octanol–water partition coefficient (Wildman–Crippen LogP) is 5.14. The van der Waals surface area contributed by atoms with E-state index in [2.05, 4.69) is 36.8 Å². The summed E-state index contributed by atoms with van der Waals surface area (Å²) in [4.78, 5) is 35.9. The van der Waals surface area contributed by atoms with Gasteiger partial charge >= 0.3 is 0 Å². The van der Waals surface area contributed by atoms with Crippen LogP contribution in [0.5, 0.6) is 0 Å². The number of nitro groups is 1. The van der Waals surface area contributed by atoms with Crippen LogP contribution in [-0.4, -0.2) is 37.3 Å². The first-order valence-electron chi connectivity index (χ1n) is 11.3. The number of nitro benzene ring substituents is 1. The van der Waals surface area contributed by atoms with E-state index < -0.39 is 16.9 Å². The van der Waals surface area contributed by atoms with Crippen LogP contribution in [0.4, 0.5) is 11.4 Å². The Kier molecular flexibility index (Phi) is 9.21. The van der Waals surface area contributed by atoms with Crippen LogP contribution in [0.25, 0.3) is 0 Å². The van der Waals surface area contributed by atoms with Crippen LogP contribution < -0.4 is 10.6 Å². The highest BCUT2D eigenvalue weighted by Gasteiger charge is 2.26. The van der Waals surface area contributed by atoms with Crippen LogP contribution in [0, 0.1) is 23.0 Å². The maximum absolute atomic E-state index is 12.9. The number of anilines is 1. The molecule has 10 nitrogen and oxygen atoms in total. The molecule has 1 atom stereocenters. The Hall–Kier alpha value is -3.25. The number of halogens is 1. The predicted molar refractivity (Wildman–Crippen MR) is 142 cm³/mol. The van der Waals surface area contributed by atoms with Gasteiger partial charge in [0.05, 0.1) is 16.7 Å². The molecule has 3 rings (SSSR count). The Bertz CT molecular complexity index is 1280. The summed E-state index contributed by atoms with van der Waals surface area (Å²) in [6.45, 7) is 8.29. The van der Waals surface area contributed by atoms with Crippen LogP contribution >= 0.6 is 27.7 Å². The van der Waals surface area contributed by atoms with Gasteiger partial charge in [-0.05, 0) is 49.6 Å². The molecule has 0 unspecified atom stereocenters. The van der Waals surface area contributed by atoms with Gasteiger partial charge in [-0.3, -0.25) is 19.7 Å². The van der Waals surface area contributed by atoms with Crippen molar-refractivity contribution >= 4 is 50.9 Å². The first-order chi connectivity index (χ1) is 17.1. The SMILES string of the molecule is CCn1c(SCC(=O)Nc2ccc(Br)c(C)c2)nnc1[C@H](NC(=O)c1cccc([N+](=O)[O-])c1)C(C)C. The minimum absolute atomic E-state index is 0.0380. The minimum atomic E-state index is -0.540. The number of carbonyl (C=O) groups is 2. The summed E-state index contributed by atoms with van der Waals surface area (Å²) in [7, 11) is 0. The van der Waals surface area contributed by atoms with Gasteiger partial charge in [0.2, 0.25) is 5.91 Å². The van der Waals surface area contributed by atoms with Gasteiger partial charge in [-0.1, -0.05) is 47.6 Å². The topological polar surface area (TPSA) is 132 Å². The fourth-order valence-corrected chi connectivity index (χ4v) is 4.55. The lowest BCUT2D eigenvalue weighted by Gasteiger charge is -2.22. The molecule has 3 aromatic rings. The van der Waals surface area contributed by atoms with Crippen LogP contribution in [0.3, 0.4) is 0 Å². The molecule has 0 aliphatic rings. The van der Waals surface area contributed by atoms with Crippen molar-refractivity contribution in [2.75, 3.05) is 11.1 Å². The Morgan fingerprint density at radius 3 is 2.58 bits per heavy atom. The van der Waals surface area contributed by atoms with E-state index in [0.29, 0.717) is 23.2 Å². The van der Waals surface area contributed by atoms with E-state index in [1.165, 1.54) is 36.0 Å². The number of benzene rings is 2. The summed E-state index contributed by atoms with van der Waals surface area (Å²) in [6.07, 6.45) is 0. The van der Waals surface area contributed by atoms with E-state index in [9.17, 15) is 19.7 Å². The second-order valence-corrected chi connectivity index (χ2v) is 10.2. The number of amides is 2. The van der Waals surface area contributed by atoms with E-state index in [1.54, 1.807) is 0 Å². The van der Waals surface area contributed by atoms with Gasteiger partial charge in [-0.2, -0.15) is 0 Å². The van der Waals surface area contributed by atoms with Crippen molar-refractivity contribution < 1.29 is 14.5 Å². The molecule has 2 aromatic carbocycles.